The normalized spacial score (nSPS) is 17.3. The van der Waals surface area contributed by atoms with E-state index in [1.54, 1.807) is 6.07 Å². The first kappa shape index (κ1) is 19.6. The number of halogens is 1. The Balaban J connectivity index is 1.72. The van der Waals surface area contributed by atoms with Gasteiger partial charge in [0.25, 0.3) is 0 Å². The van der Waals surface area contributed by atoms with Crippen LogP contribution in [0.5, 0.6) is 5.75 Å². The van der Waals surface area contributed by atoms with Crippen LogP contribution in [0.4, 0.5) is 0 Å². The van der Waals surface area contributed by atoms with Crippen molar-refractivity contribution in [1.29, 1.82) is 0 Å². The average Bonchev–Trinajstić information content (AvgIpc) is 3.23. The molecule has 27 heavy (non-hydrogen) atoms. The first-order chi connectivity index (χ1) is 13.2. The zero-order chi connectivity index (χ0) is 19.1. The molecule has 0 radical (unpaired) electrons. The summed E-state index contributed by atoms with van der Waals surface area (Å²) in [5, 5.41) is 6.71. The Kier molecular flexibility index (Phi) is 7.01. The Morgan fingerprint density at radius 1 is 1.15 bits per heavy atom. The van der Waals surface area contributed by atoms with Gasteiger partial charge in [-0.05, 0) is 42.6 Å². The van der Waals surface area contributed by atoms with Gasteiger partial charge in [-0.2, -0.15) is 0 Å². The lowest BCUT2D eigenvalue weighted by Crippen LogP contribution is -2.50. The number of hydrogen-bond donors (Lipinski definition) is 2. The molecule has 1 heterocycles. The molecule has 2 aromatic carbocycles. The van der Waals surface area contributed by atoms with Crippen LogP contribution in [0, 0.1) is 0 Å². The molecule has 0 bridgehead atoms. The summed E-state index contributed by atoms with van der Waals surface area (Å²) in [7, 11) is 0. The summed E-state index contributed by atoms with van der Waals surface area (Å²) in [6, 6.07) is 16.0. The van der Waals surface area contributed by atoms with Crippen LogP contribution >= 0.6 is 15.9 Å². The van der Waals surface area contributed by atoms with Gasteiger partial charge in [0.1, 0.15) is 11.8 Å². The molecular formula is C21H23BrN2O3. The summed E-state index contributed by atoms with van der Waals surface area (Å²) in [4.78, 5) is 25.3. The van der Waals surface area contributed by atoms with Crippen molar-refractivity contribution in [3.8, 4) is 5.75 Å². The maximum Gasteiger partial charge on any atom is 0.334 e. The molecule has 1 amide bonds. The van der Waals surface area contributed by atoms with E-state index in [1.165, 1.54) is 0 Å². The maximum absolute atomic E-state index is 12.8. The monoisotopic (exact) mass is 430 g/mol. The van der Waals surface area contributed by atoms with Crippen LogP contribution in [0.2, 0.25) is 0 Å². The molecule has 0 saturated carbocycles. The second-order valence-corrected chi connectivity index (χ2v) is 7.16. The fraction of sp³-hybridized carbons (Fsp3) is 0.333. The average molecular weight is 431 g/mol. The molecule has 2 aromatic rings. The molecule has 6 heteroatoms. The molecule has 0 aliphatic carbocycles. The fourth-order valence-corrected chi connectivity index (χ4v) is 3.45. The number of amides is 1. The zero-order valence-electron chi connectivity index (χ0n) is 15.0. The predicted molar refractivity (Wildman–Crippen MR) is 108 cm³/mol. The van der Waals surface area contributed by atoms with E-state index in [2.05, 4.69) is 26.6 Å². The van der Waals surface area contributed by atoms with E-state index >= 15 is 0 Å². The fourth-order valence-electron chi connectivity index (χ4n) is 3.10. The van der Waals surface area contributed by atoms with Gasteiger partial charge < -0.3 is 15.4 Å². The minimum absolute atomic E-state index is 0.153. The van der Waals surface area contributed by atoms with Crippen molar-refractivity contribution in [3.63, 3.8) is 0 Å². The van der Waals surface area contributed by atoms with Gasteiger partial charge in [0.05, 0.1) is 6.04 Å². The molecule has 1 saturated heterocycles. The third-order valence-corrected chi connectivity index (χ3v) is 5.18. The van der Waals surface area contributed by atoms with Crippen LogP contribution in [0.25, 0.3) is 0 Å². The minimum atomic E-state index is -0.741. The molecule has 0 unspecified atom stereocenters. The summed E-state index contributed by atoms with van der Waals surface area (Å²) >= 11 is 3.40. The molecule has 1 aliphatic heterocycles. The lowest BCUT2D eigenvalue weighted by molar-refractivity contribution is -0.139. The highest BCUT2D eigenvalue weighted by molar-refractivity contribution is 9.08. The van der Waals surface area contributed by atoms with Crippen LogP contribution in [0.1, 0.15) is 24.0 Å². The minimum Gasteiger partial charge on any atom is -0.425 e. The van der Waals surface area contributed by atoms with E-state index in [1.807, 2.05) is 48.5 Å². The number of carbonyl (C=O) groups excluding carboxylic acids is 2. The van der Waals surface area contributed by atoms with E-state index in [9.17, 15) is 9.59 Å². The number of ether oxygens (including phenoxy) is 1. The highest BCUT2D eigenvalue weighted by Gasteiger charge is 2.28. The summed E-state index contributed by atoms with van der Waals surface area (Å²) in [5.74, 6) is -0.139. The number of alkyl halides is 1. The van der Waals surface area contributed by atoms with Crippen molar-refractivity contribution in [1.82, 2.24) is 10.6 Å². The van der Waals surface area contributed by atoms with E-state index in [4.69, 9.17) is 4.74 Å². The topological polar surface area (TPSA) is 67.4 Å². The Hall–Kier alpha value is -2.18. The van der Waals surface area contributed by atoms with Gasteiger partial charge in [-0.25, -0.2) is 4.79 Å². The molecule has 1 aliphatic rings. The van der Waals surface area contributed by atoms with Crippen molar-refractivity contribution >= 4 is 27.8 Å². The summed E-state index contributed by atoms with van der Waals surface area (Å²) in [5.41, 5.74) is 1.98. The van der Waals surface area contributed by atoms with Crippen molar-refractivity contribution in [2.75, 3.05) is 6.54 Å². The first-order valence-electron chi connectivity index (χ1n) is 9.10. The molecule has 2 atom stereocenters. The predicted octanol–water partition coefficient (Wildman–Crippen LogP) is 2.97. The molecule has 2 N–H and O–H groups in total. The Labute approximate surface area is 167 Å². The van der Waals surface area contributed by atoms with Crippen molar-refractivity contribution in [3.05, 3.63) is 65.7 Å². The van der Waals surface area contributed by atoms with Crippen LogP contribution in [0.3, 0.4) is 0 Å². The van der Waals surface area contributed by atoms with Gasteiger partial charge in [0.15, 0.2) is 0 Å². The second kappa shape index (κ2) is 9.67. The van der Waals surface area contributed by atoms with Gasteiger partial charge >= 0.3 is 5.97 Å². The van der Waals surface area contributed by atoms with E-state index in [-0.39, 0.29) is 11.9 Å². The quantitative estimate of drug-likeness (QED) is 0.402. The number of carbonyl (C=O) groups is 2. The number of rotatable bonds is 7. The Morgan fingerprint density at radius 3 is 2.63 bits per heavy atom. The number of nitrogens with one attached hydrogen (secondary N) is 2. The Morgan fingerprint density at radius 2 is 1.93 bits per heavy atom. The standard InChI is InChI=1S/C21H23BrN2O3/c22-14-16-8-4-9-17(12-16)27-21(26)19(13-15-6-2-1-3-7-15)24-20(25)18-10-5-11-23-18/h1-4,6-9,12,18-19,23H,5,10-11,13-14H2,(H,24,25)/t18-,19-/m0/s1. The van der Waals surface area contributed by atoms with Crippen LogP contribution in [-0.4, -0.2) is 30.5 Å². The van der Waals surface area contributed by atoms with Crippen LogP contribution in [-0.2, 0) is 21.3 Å². The SMILES string of the molecule is O=C(N[C@@H](Cc1ccccc1)C(=O)Oc1cccc(CBr)c1)[C@@H]1CCCN1. The first-order valence-corrected chi connectivity index (χ1v) is 10.2. The highest BCUT2D eigenvalue weighted by atomic mass is 79.9. The number of hydrogen-bond acceptors (Lipinski definition) is 4. The molecule has 142 valence electrons. The number of esters is 1. The van der Waals surface area contributed by atoms with E-state index in [0.29, 0.717) is 17.5 Å². The van der Waals surface area contributed by atoms with Crippen molar-refractivity contribution < 1.29 is 14.3 Å². The largest absolute Gasteiger partial charge is 0.425 e. The molecule has 5 nitrogen and oxygen atoms in total. The smallest absolute Gasteiger partial charge is 0.334 e. The molecule has 1 fully saturated rings. The summed E-state index contributed by atoms with van der Waals surface area (Å²) in [6.45, 7) is 0.825. The molecule has 3 rings (SSSR count). The maximum atomic E-state index is 12.8. The molecule has 0 aromatic heterocycles. The van der Waals surface area contributed by atoms with Gasteiger partial charge in [0, 0.05) is 11.8 Å². The molecular weight excluding hydrogens is 408 g/mol. The third-order valence-electron chi connectivity index (χ3n) is 4.53. The number of benzene rings is 2. The summed E-state index contributed by atoms with van der Waals surface area (Å²) < 4.78 is 5.56. The van der Waals surface area contributed by atoms with Crippen molar-refractivity contribution in [2.24, 2.45) is 0 Å². The van der Waals surface area contributed by atoms with Crippen molar-refractivity contribution in [2.45, 2.75) is 36.7 Å². The van der Waals surface area contributed by atoms with E-state index in [0.717, 1.165) is 30.5 Å². The van der Waals surface area contributed by atoms with Gasteiger partial charge in [-0.15, -0.1) is 0 Å². The third kappa shape index (κ3) is 5.65. The second-order valence-electron chi connectivity index (χ2n) is 6.60. The highest BCUT2D eigenvalue weighted by Crippen LogP contribution is 2.17. The lowest BCUT2D eigenvalue weighted by atomic mass is 10.1. The van der Waals surface area contributed by atoms with Crippen LogP contribution < -0.4 is 15.4 Å². The Bertz CT molecular complexity index is 776. The van der Waals surface area contributed by atoms with Gasteiger partial charge in [0.2, 0.25) is 5.91 Å². The lowest BCUT2D eigenvalue weighted by Gasteiger charge is -2.20. The van der Waals surface area contributed by atoms with Gasteiger partial charge in [-0.3, -0.25) is 4.79 Å². The molecule has 0 spiro atoms. The summed E-state index contributed by atoms with van der Waals surface area (Å²) in [6.07, 6.45) is 2.13. The van der Waals surface area contributed by atoms with Crippen LogP contribution in [0.15, 0.2) is 54.6 Å². The van der Waals surface area contributed by atoms with Gasteiger partial charge in [-0.1, -0.05) is 58.4 Å². The van der Waals surface area contributed by atoms with E-state index < -0.39 is 12.0 Å². The zero-order valence-corrected chi connectivity index (χ0v) is 16.6.